The third kappa shape index (κ3) is 4.04. The second kappa shape index (κ2) is 7.74. The number of hydrogen-bond acceptors (Lipinski definition) is 3. The summed E-state index contributed by atoms with van der Waals surface area (Å²) in [4.78, 5) is 14.2. The zero-order valence-corrected chi connectivity index (χ0v) is 13.9. The molecule has 0 atom stereocenters. The van der Waals surface area contributed by atoms with Crippen LogP contribution in [0.25, 0.3) is 0 Å². The first-order valence-electron chi connectivity index (χ1n) is 8.42. The lowest BCUT2D eigenvalue weighted by molar-refractivity contribution is -0.131. The molecule has 1 fully saturated rings. The number of carbonyl (C=O) groups excluding carboxylic acids is 1. The number of carbonyl (C=O) groups is 1. The molecule has 0 radical (unpaired) electrons. The summed E-state index contributed by atoms with van der Waals surface area (Å²) in [6.45, 7) is 1.76. The van der Waals surface area contributed by atoms with Gasteiger partial charge in [-0.25, -0.2) is 8.78 Å². The molecule has 0 aliphatic carbocycles. The van der Waals surface area contributed by atoms with Crippen LogP contribution in [0, 0.1) is 11.6 Å². The molecule has 1 amide bonds. The van der Waals surface area contributed by atoms with Crippen molar-refractivity contribution in [1.82, 2.24) is 14.7 Å². The SMILES string of the molecule is O=C(Cc1ccc(F)c(F)c1)N1CCC(c2ccnn2CCO)CC1. The van der Waals surface area contributed by atoms with Crippen LogP contribution in [-0.2, 0) is 17.8 Å². The van der Waals surface area contributed by atoms with Gasteiger partial charge in [-0.3, -0.25) is 9.48 Å². The van der Waals surface area contributed by atoms with Crippen LogP contribution in [-0.4, -0.2) is 45.4 Å². The van der Waals surface area contributed by atoms with Gasteiger partial charge in [0.15, 0.2) is 11.6 Å². The molecule has 1 aromatic carbocycles. The Balaban J connectivity index is 1.57. The van der Waals surface area contributed by atoms with Crippen LogP contribution in [0.5, 0.6) is 0 Å². The molecule has 134 valence electrons. The van der Waals surface area contributed by atoms with Gasteiger partial charge in [0.2, 0.25) is 5.91 Å². The summed E-state index contributed by atoms with van der Waals surface area (Å²) in [5.74, 6) is -1.60. The van der Waals surface area contributed by atoms with Gasteiger partial charge in [0.25, 0.3) is 0 Å². The number of likely N-dealkylation sites (tertiary alicyclic amines) is 1. The minimum absolute atomic E-state index is 0.0419. The summed E-state index contributed by atoms with van der Waals surface area (Å²) >= 11 is 0. The van der Waals surface area contributed by atoms with E-state index in [0.29, 0.717) is 31.1 Å². The predicted molar refractivity (Wildman–Crippen MR) is 87.9 cm³/mol. The number of aliphatic hydroxyl groups excluding tert-OH is 1. The first-order valence-corrected chi connectivity index (χ1v) is 8.42. The standard InChI is InChI=1S/C18H21F2N3O2/c19-15-2-1-13(11-16(15)20)12-18(25)22-7-4-14(5-8-22)17-3-6-21-23(17)9-10-24/h1-3,6,11,14,24H,4-5,7-10,12H2. The van der Waals surface area contributed by atoms with Crippen LogP contribution < -0.4 is 0 Å². The number of rotatable bonds is 5. The minimum Gasteiger partial charge on any atom is -0.394 e. The molecule has 5 nitrogen and oxygen atoms in total. The zero-order chi connectivity index (χ0) is 17.8. The fourth-order valence-corrected chi connectivity index (χ4v) is 3.33. The molecule has 1 saturated heterocycles. The normalized spacial score (nSPS) is 15.6. The van der Waals surface area contributed by atoms with Gasteiger partial charge >= 0.3 is 0 Å². The Bertz CT molecular complexity index is 740. The number of halogens is 2. The molecule has 1 aliphatic heterocycles. The molecule has 25 heavy (non-hydrogen) atoms. The van der Waals surface area contributed by atoms with Crippen molar-refractivity contribution in [2.45, 2.75) is 31.7 Å². The average molecular weight is 349 g/mol. The molecule has 1 N–H and O–H groups in total. The zero-order valence-electron chi connectivity index (χ0n) is 13.9. The maximum atomic E-state index is 13.3. The highest BCUT2D eigenvalue weighted by molar-refractivity contribution is 5.78. The van der Waals surface area contributed by atoms with E-state index in [4.69, 9.17) is 5.11 Å². The highest BCUT2D eigenvalue weighted by Crippen LogP contribution is 2.28. The second-order valence-electron chi connectivity index (χ2n) is 6.28. The summed E-state index contributed by atoms with van der Waals surface area (Å²) in [5, 5.41) is 13.3. The van der Waals surface area contributed by atoms with E-state index in [0.717, 1.165) is 30.7 Å². The number of piperidine rings is 1. The van der Waals surface area contributed by atoms with Crippen molar-refractivity contribution in [3.8, 4) is 0 Å². The Labute approximate surface area is 144 Å². The van der Waals surface area contributed by atoms with E-state index in [1.165, 1.54) is 6.07 Å². The molecule has 2 heterocycles. The minimum atomic E-state index is -0.929. The Hall–Kier alpha value is -2.28. The van der Waals surface area contributed by atoms with Crippen LogP contribution in [0.4, 0.5) is 8.78 Å². The molecule has 0 unspecified atom stereocenters. The quantitative estimate of drug-likeness (QED) is 0.899. The predicted octanol–water partition coefficient (Wildman–Crippen LogP) is 2.10. The van der Waals surface area contributed by atoms with Crippen LogP contribution >= 0.6 is 0 Å². The van der Waals surface area contributed by atoms with E-state index in [1.54, 1.807) is 11.1 Å². The molecule has 1 aromatic heterocycles. The van der Waals surface area contributed by atoms with E-state index in [2.05, 4.69) is 5.10 Å². The van der Waals surface area contributed by atoms with Gasteiger partial charge in [0, 0.05) is 30.9 Å². The Morgan fingerprint density at radius 2 is 1.96 bits per heavy atom. The molecule has 7 heteroatoms. The van der Waals surface area contributed by atoms with Gasteiger partial charge < -0.3 is 10.0 Å². The van der Waals surface area contributed by atoms with Gasteiger partial charge in [-0.1, -0.05) is 6.07 Å². The van der Waals surface area contributed by atoms with Crippen molar-refractivity contribution in [1.29, 1.82) is 0 Å². The largest absolute Gasteiger partial charge is 0.394 e. The van der Waals surface area contributed by atoms with E-state index >= 15 is 0 Å². The fourth-order valence-electron chi connectivity index (χ4n) is 3.33. The molecule has 3 rings (SSSR count). The number of hydrogen-bond donors (Lipinski definition) is 1. The third-order valence-electron chi connectivity index (χ3n) is 4.67. The van der Waals surface area contributed by atoms with Crippen molar-refractivity contribution < 1.29 is 18.7 Å². The summed E-state index contributed by atoms with van der Waals surface area (Å²) in [6.07, 6.45) is 3.44. The molecular formula is C18H21F2N3O2. The highest BCUT2D eigenvalue weighted by atomic mass is 19.2. The average Bonchev–Trinajstić information content (AvgIpc) is 3.07. The molecule has 2 aromatic rings. The Morgan fingerprint density at radius 3 is 2.64 bits per heavy atom. The monoisotopic (exact) mass is 349 g/mol. The van der Waals surface area contributed by atoms with Crippen molar-refractivity contribution in [2.24, 2.45) is 0 Å². The lowest BCUT2D eigenvalue weighted by atomic mass is 9.93. The molecule has 0 saturated carbocycles. The Kier molecular flexibility index (Phi) is 5.43. The molecular weight excluding hydrogens is 328 g/mol. The number of nitrogens with zero attached hydrogens (tertiary/aromatic N) is 3. The maximum absolute atomic E-state index is 13.3. The number of aliphatic hydroxyl groups is 1. The number of amides is 1. The summed E-state index contributed by atoms with van der Waals surface area (Å²) in [6, 6.07) is 5.52. The summed E-state index contributed by atoms with van der Waals surface area (Å²) in [7, 11) is 0. The summed E-state index contributed by atoms with van der Waals surface area (Å²) < 4.78 is 28.0. The van der Waals surface area contributed by atoms with E-state index in [9.17, 15) is 13.6 Å². The maximum Gasteiger partial charge on any atom is 0.226 e. The summed E-state index contributed by atoms with van der Waals surface area (Å²) in [5.41, 5.74) is 1.56. The van der Waals surface area contributed by atoms with Gasteiger partial charge in [0.05, 0.1) is 19.6 Å². The highest BCUT2D eigenvalue weighted by Gasteiger charge is 2.25. The topological polar surface area (TPSA) is 58.4 Å². The van der Waals surface area contributed by atoms with Crippen LogP contribution in [0.3, 0.4) is 0 Å². The Morgan fingerprint density at radius 1 is 1.20 bits per heavy atom. The van der Waals surface area contributed by atoms with E-state index in [1.807, 2.05) is 10.7 Å². The van der Waals surface area contributed by atoms with Crippen molar-refractivity contribution in [2.75, 3.05) is 19.7 Å². The number of benzene rings is 1. The molecule has 1 aliphatic rings. The van der Waals surface area contributed by atoms with Gasteiger partial charge in [-0.2, -0.15) is 5.10 Å². The first kappa shape index (κ1) is 17.5. The van der Waals surface area contributed by atoms with Crippen LogP contribution in [0.1, 0.15) is 30.0 Å². The van der Waals surface area contributed by atoms with E-state index in [-0.39, 0.29) is 18.9 Å². The first-order chi connectivity index (χ1) is 12.1. The smallest absolute Gasteiger partial charge is 0.226 e. The second-order valence-corrected chi connectivity index (χ2v) is 6.28. The van der Waals surface area contributed by atoms with Crippen LogP contribution in [0.2, 0.25) is 0 Å². The van der Waals surface area contributed by atoms with Crippen molar-refractivity contribution in [3.05, 3.63) is 53.4 Å². The third-order valence-corrected chi connectivity index (χ3v) is 4.67. The van der Waals surface area contributed by atoms with Gasteiger partial charge in [-0.15, -0.1) is 0 Å². The number of aromatic nitrogens is 2. The lowest BCUT2D eigenvalue weighted by Gasteiger charge is -2.32. The molecule has 0 spiro atoms. The lowest BCUT2D eigenvalue weighted by Crippen LogP contribution is -2.39. The molecule has 0 bridgehead atoms. The van der Waals surface area contributed by atoms with E-state index < -0.39 is 11.6 Å². The van der Waals surface area contributed by atoms with Crippen molar-refractivity contribution in [3.63, 3.8) is 0 Å². The van der Waals surface area contributed by atoms with Gasteiger partial charge in [-0.05, 0) is 36.6 Å². The fraction of sp³-hybridized carbons (Fsp3) is 0.444. The van der Waals surface area contributed by atoms with Gasteiger partial charge in [0.1, 0.15) is 0 Å². The van der Waals surface area contributed by atoms with Crippen molar-refractivity contribution >= 4 is 5.91 Å². The van der Waals surface area contributed by atoms with Crippen LogP contribution in [0.15, 0.2) is 30.5 Å².